The average Bonchev–Trinajstić information content (AvgIpc) is 2.67. The molecule has 0 unspecified atom stereocenters. The average molecular weight is 228 g/mol. The highest BCUT2D eigenvalue weighted by Crippen LogP contribution is 2.28. The lowest BCUT2D eigenvalue weighted by molar-refractivity contribution is 0.0491. The third kappa shape index (κ3) is 1.78. The summed E-state index contributed by atoms with van der Waals surface area (Å²) in [6.07, 6.45) is 5.42. The van der Waals surface area contributed by atoms with E-state index in [-0.39, 0.29) is 5.76 Å². The molecule has 2 rings (SSSR count). The lowest BCUT2D eigenvalue weighted by atomic mass is 10.1. The van der Waals surface area contributed by atoms with Gasteiger partial charge in [0.2, 0.25) is 5.76 Å². The minimum atomic E-state index is -0.454. The molecule has 0 saturated carbocycles. The Bertz CT molecular complexity index is 614. The topological polar surface area (TPSA) is 39.4 Å². The molecule has 0 fully saturated rings. The van der Waals surface area contributed by atoms with E-state index >= 15 is 0 Å². The lowest BCUT2D eigenvalue weighted by Gasteiger charge is -1.98. The van der Waals surface area contributed by atoms with Crippen LogP contribution < -0.4 is 0 Å². The van der Waals surface area contributed by atoms with Crippen LogP contribution in [0, 0.1) is 19.3 Å². The predicted molar refractivity (Wildman–Crippen MR) is 64.8 cm³/mol. The Labute approximate surface area is 99.4 Å². The second kappa shape index (κ2) is 4.34. The van der Waals surface area contributed by atoms with Gasteiger partial charge in [-0.1, -0.05) is 12.0 Å². The highest BCUT2D eigenvalue weighted by atomic mass is 16.5. The molecular formula is C14H12O3. The van der Waals surface area contributed by atoms with Crippen molar-refractivity contribution in [2.45, 2.75) is 13.8 Å². The first-order valence-electron chi connectivity index (χ1n) is 5.34. The van der Waals surface area contributed by atoms with Crippen molar-refractivity contribution in [1.82, 2.24) is 0 Å². The molecule has 1 aromatic heterocycles. The predicted octanol–water partition coefficient (Wildman–Crippen LogP) is 2.90. The molecule has 0 radical (unpaired) electrons. The maximum atomic E-state index is 11.7. The van der Waals surface area contributed by atoms with Crippen molar-refractivity contribution < 1.29 is 13.9 Å². The van der Waals surface area contributed by atoms with E-state index in [1.165, 1.54) is 0 Å². The third-order valence-electron chi connectivity index (χ3n) is 2.57. The molecule has 2 aromatic rings. The molecule has 0 aliphatic carbocycles. The van der Waals surface area contributed by atoms with Gasteiger partial charge in [-0.15, -0.1) is 6.42 Å². The number of hydrogen-bond acceptors (Lipinski definition) is 3. The zero-order valence-electron chi connectivity index (χ0n) is 9.74. The summed E-state index contributed by atoms with van der Waals surface area (Å²) in [5, 5.41) is 0.804. The van der Waals surface area contributed by atoms with Crippen molar-refractivity contribution in [3.63, 3.8) is 0 Å². The monoisotopic (exact) mass is 228 g/mol. The Morgan fingerprint density at radius 3 is 2.94 bits per heavy atom. The van der Waals surface area contributed by atoms with Crippen molar-refractivity contribution in [3.05, 3.63) is 35.1 Å². The summed E-state index contributed by atoms with van der Waals surface area (Å²) in [7, 11) is 0. The van der Waals surface area contributed by atoms with Crippen molar-refractivity contribution in [1.29, 1.82) is 0 Å². The van der Waals surface area contributed by atoms with Gasteiger partial charge < -0.3 is 9.15 Å². The molecule has 0 N–H and O–H groups in total. The smallest absolute Gasteiger partial charge is 0.374 e. The van der Waals surface area contributed by atoms with Crippen LogP contribution in [-0.4, -0.2) is 12.6 Å². The highest BCUT2D eigenvalue weighted by molar-refractivity contribution is 5.98. The number of hydrogen-bond donors (Lipinski definition) is 0. The molecule has 86 valence electrons. The van der Waals surface area contributed by atoms with Crippen molar-refractivity contribution >= 4 is 16.9 Å². The Kier molecular flexibility index (Phi) is 2.88. The van der Waals surface area contributed by atoms with Crippen LogP contribution >= 0.6 is 0 Å². The van der Waals surface area contributed by atoms with Crippen LogP contribution in [0.1, 0.15) is 28.6 Å². The van der Waals surface area contributed by atoms with E-state index < -0.39 is 5.97 Å². The molecule has 3 nitrogen and oxygen atoms in total. The molecule has 0 aliphatic heterocycles. The summed E-state index contributed by atoms with van der Waals surface area (Å²) in [5.41, 5.74) is 2.06. The fraction of sp³-hybridized carbons (Fsp3) is 0.214. The fourth-order valence-electron chi connectivity index (χ4n) is 1.81. The van der Waals surface area contributed by atoms with Gasteiger partial charge in [-0.25, -0.2) is 4.79 Å². The summed E-state index contributed by atoms with van der Waals surface area (Å²) in [5.74, 6) is 2.35. The summed E-state index contributed by atoms with van der Waals surface area (Å²) in [6, 6.07) is 5.40. The molecule has 0 amide bonds. The van der Waals surface area contributed by atoms with E-state index in [2.05, 4.69) is 5.92 Å². The molecule has 0 saturated heterocycles. The SMILES string of the molecule is C#Cc1cccc2oc(C(=O)OCC)c(C)c12. The number of esters is 1. The minimum Gasteiger partial charge on any atom is -0.460 e. The van der Waals surface area contributed by atoms with Crippen LogP contribution in [0.5, 0.6) is 0 Å². The number of terminal acetylenes is 1. The Hall–Kier alpha value is -2.21. The molecule has 0 atom stereocenters. The van der Waals surface area contributed by atoms with E-state index in [4.69, 9.17) is 15.6 Å². The lowest BCUT2D eigenvalue weighted by Crippen LogP contribution is -2.04. The summed E-state index contributed by atoms with van der Waals surface area (Å²) < 4.78 is 10.4. The van der Waals surface area contributed by atoms with Crippen molar-refractivity contribution in [2.24, 2.45) is 0 Å². The molecule has 1 aromatic carbocycles. The minimum absolute atomic E-state index is 0.226. The number of ether oxygens (including phenoxy) is 1. The molecule has 1 heterocycles. The van der Waals surface area contributed by atoms with E-state index in [0.29, 0.717) is 12.2 Å². The zero-order valence-corrected chi connectivity index (χ0v) is 9.74. The Morgan fingerprint density at radius 1 is 1.53 bits per heavy atom. The quantitative estimate of drug-likeness (QED) is 0.586. The number of carbonyl (C=O) groups is 1. The van der Waals surface area contributed by atoms with Gasteiger partial charge in [0.15, 0.2) is 0 Å². The van der Waals surface area contributed by atoms with E-state index in [1.807, 2.05) is 6.07 Å². The van der Waals surface area contributed by atoms with Crippen LogP contribution in [0.3, 0.4) is 0 Å². The summed E-state index contributed by atoms with van der Waals surface area (Å²) in [4.78, 5) is 11.7. The first-order valence-corrected chi connectivity index (χ1v) is 5.34. The van der Waals surface area contributed by atoms with Gasteiger partial charge in [0.25, 0.3) is 0 Å². The molecular weight excluding hydrogens is 216 g/mol. The van der Waals surface area contributed by atoms with E-state index in [0.717, 1.165) is 16.5 Å². The van der Waals surface area contributed by atoms with Crippen LogP contribution in [0.15, 0.2) is 22.6 Å². The molecule has 0 bridgehead atoms. The largest absolute Gasteiger partial charge is 0.460 e. The summed E-state index contributed by atoms with van der Waals surface area (Å²) in [6.45, 7) is 3.87. The number of carbonyl (C=O) groups excluding carboxylic acids is 1. The highest BCUT2D eigenvalue weighted by Gasteiger charge is 2.19. The third-order valence-corrected chi connectivity index (χ3v) is 2.57. The Morgan fingerprint density at radius 2 is 2.29 bits per heavy atom. The van der Waals surface area contributed by atoms with Gasteiger partial charge in [0, 0.05) is 16.5 Å². The maximum absolute atomic E-state index is 11.7. The maximum Gasteiger partial charge on any atom is 0.374 e. The normalized spacial score (nSPS) is 10.2. The van der Waals surface area contributed by atoms with Gasteiger partial charge in [-0.2, -0.15) is 0 Å². The van der Waals surface area contributed by atoms with Crippen molar-refractivity contribution in [3.8, 4) is 12.3 Å². The van der Waals surface area contributed by atoms with E-state index in [9.17, 15) is 4.79 Å². The van der Waals surface area contributed by atoms with Crippen LogP contribution in [0.2, 0.25) is 0 Å². The van der Waals surface area contributed by atoms with Crippen molar-refractivity contribution in [2.75, 3.05) is 6.61 Å². The molecule has 17 heavy (non-hydrogen) atoms. The fourth-order valence-corrected chi connectivity index (χ4v) is 1.81. The molecule has 3 heteroatoms. The van der Waals surface area contributed by atoms with Gasteiger partial charge in [-0.3, -0.25) is 0 Å². The summed E-state index contributed by atoms with van der Waals surface area (Å²) >= 11 is 0. The van der Waals surface area contributed by atoms with E-state index in [1.54, 1.807) is 26.0 Å². The number of benzene rings is 1. The van der Waals surface area contributed by atoms with Crippen LogP contribution in [-0.2, 0) is 4.74 Å². The zero-order chi connectivity index (χ0) is 12.4. The van der Waals surface area contributed by atoms with Gasteiger partial charge in [0.05, 0.1) is 6.61 Å². The number of rotatable bonds is 2. The van der Waals surface area contributed by atoms with Crippen LogP contribution in [0.4, 0.5) is 0 Å². The Balaban J connectivity index is 2.66. The number of aryl methyl sites for hydroxylation is 1. The second-order valence-corrected chi connectivity index (χ2v) is 3.60. The molecule has 0 spiro atoms. The first kappa shape index (κ1) is 11.3. The first-order chi connectivity index (χ1) is 8.19. The van der Waals surface area contributed by atoms with Gasteiger partial charge in [-0.05, 0) is 26.0 Å². The van der Waals surface area contributed by atoms with Crippen LogP contribution in [0.25, 0.3) is 11.0 Å². The van der Waals surface area contributed by atoms with Gasteiger partial charge in [0.1, 0.15) is 5.58 Å². The van der Waals surface area contributed by atoms with Gasteiger partial charge >= 0.3 is 5.97 Å². The standard InChI is InChI=1S/C14H12O3/c1-4-10-7-6-8-11-12(10)9(3)13(17-11)14(15)16-5-2/h1,6-8H,5H2,2-3H3. The second-order valence-electron chi connectivity index (χ2n) is 3.60. The molecule has 0 aliphatic rings. The number of furan rings is 1. The number of fused-ring (bicyclic) bond motifs is 1.